The zero-order valence-corrected chi connectivity index (χ0v) is 14.1. The lowest BCUT2D eigenvalue weighted by Crippen LogP contribution is -2.44. The van der Waals surface area contributed by atoms with Crippen molar-refractivity contribution in [1.29, 1.82) is 0 Å². The zero-order valence-electron chi connectivity index (χ0n) is 13.3. The number of hydrogen-bond acceptors (Lipinski definition) is 3. The highest BCUT2D eigenvalue weighted by molar-refractivity contribution is 6.33. The van der Waals surface area contributed by atoms with E-state index in [9.17, 15) is 0 Å². The van der Waals surface area contributed by atoms with Crippen molar-refractivity contribution in [2.24, 2.45) is 7.05 Å². The molecule has 1 atom stereocenters. The van der Waals surface area contributed by atoms with Gasteiger partial charge in [-0.25, -0.2) is 0 Å². The number of nitrogens with zero attached hydrogens (tertiary/aromatic N) is 3. The molecular weight excluding hydrogens is 284 g/mol. The highest BCUT2D eigenvalue weighted by Crippen LogP contribution is 2.30. The van der Waals surface area contributed by atoms with Crippen molar-refractivity contribution < 1.29 is 0 Å². The van der Waals surface area contributed by atoms with Crippen LogP contribution in [0.4, 0.5) is 0 Å². The highest BCUT2D eigenvalue weighted by Gasteiger charge is 2.31. The molecular formula is C16H23ClN4. The molecule has 0 aliphatic heterocycles. The zero-order chi connectivity index (χ0) is 15.6. The molecule has 0 bridgehead atoms. The van der Waals surface area contributed by atoms with Gasteiger partial charge in [0.05, 0.1) is 10.6 Å². The van der Waals surface area contributed by atoms with Crippen LogP contribution in [-0.4, -0.2) is 20.8 Å². The Balaban J connectivity index is 2.48. The van der Waals surface area contributed by atoms with Crippen molar-refractivity contribution in [2.75, 3.05) is 0 Å². The second-order valence-electron chi connectivity index (χ2n) is 5.87. The van der Waals surface area contributed by atoms with Gasteiger partial charge < -0.3 is 9.88 Å². The van der Waals surface area contributed by atoms with Gasteiger partial charge in [0.2, 0.25) is 0 Å². The van der Waals surface area contributed by atoms with E-state index in [0.29, 0.717) is 11.1 Å². The third-order valence-electron chi connectivity index (χ3n) is 3.80. The van der Waals surface area contributed by atoms with Crippen LogP contribution in [-0.2, 0) is 12.6 Å². The molecule has 0 spiro atoms. The van der Waals surface area contributed by atoms with Gasteiger partial charge in [-0.05, 0) is 39.3 Å². The fourth-order valence-electron chi connectivity index (χ4n) is 2.65. The molecule has 2 rings (SSSR count). The van der Waals surface area contributed by atoms with E-state index in [2.05, 4.69) is 43.2 Å². The number of halogens is 1. The van der Waals surface area contributed by atoms with Gasteiger partial charge in [-0.2, -0.15) is 0 Å². The standard InChI is InChI=1S/C16H23ClN4/c1-6-16(4,18-11(2)3)15-20-19-14(21(15)5)12-9-7-8-10-13(12)17/h7-11,18H,6H2,1-5H3. The van der Waals surface area contributed by atoms with Crippen molar-refractivity contribution in [3.63, 3.8) is 0 Å². The molecule has 1 aromatic heterocycles. The molecule has 1 heterocycles. The van der Waals surface area contributed by atoms with Crippen LogP contribution in [0, 0.1) is 0 Å². The van der Waals surface area contributed by atoms with E-state index in [1.807, 2.05) is 35.9 Å². The Morgan fingerprint density at radius 3 is 2.52 bits per heavy atom. The molecule has 0 fully saturated rings. The average molecular weight is 307 g/mol. The summed E-state index contributed by atoms with van der Waals surface area (Å²) in [4.78, 5) is 0. The molecule has 0 saturated carbocycles. The number of hydrogen-bond donors (Lipinski definition) is 1. The first-order chi connectivity index (χ1) is 9.89. The normalized spacial score (nSPS) is 14.4. The maximum atomic E-state index is 6.28. The largest absolute Gasteiger partial charge is 0.313 e. The summed E-state index contributed by atoms with van der Waals surface area (Å²) in [5, 5.41) is 13.1. The molecule has 0 amide bonds. The first kappa shape index (κ1) is 16.0. The summed E-state index contributed by atoms with van der Waals surface area (Å²) in [6, 6.07) is 8.09. The molecule has 21 heavy (non-hydrogen) atoms. The number of benzene rings is 1. The van der Waals surface area contributed by atoms with Crippen molar-refractivity contribution in [3.8, 4) is 11.4 Å². The van der Waals surface area contributed by atoms with Gasteiger partial charge in [0.1, 0.15) is 0 Å². The molecule has 2 aromatic rings. The Hall–Kier alpha value is -1.39. The topological polar surface area (TPSA) is 42.7 Å². The number of aromatic nitrogens is 3. The minimum atomic E-state index is -0.213. The molecule has 4 nitrogen and oxygen atoms in total. The van der Waals surface area contributed by atoms with Crippen LogP contribution in [0.5, 0.6) is 0 Å². The molecule has 1 N–H and O–H groups in total. The summed E-state index contributed by atoms with van der Waals surface area (Å²) < 4.78 is 2.03. The first-order valence-electron chi connectivity index (χ1n) is 7.31. The first-order valence-corrected chi connectivity index (χ1v) is 7.69. The summed E-state index contributed by atoms with van der Waals surface area (Å²) >= 11 is 6.28. The van der Waals surface area contributed by atoms with E-state index >= 15 is 0 Å². The van der Waals surface area contributed by atoms with Crippen LogP contribution in [0.15, 0.2) is 24.3 Å². The van der Waals surface area contributed by atoms with Gasteiger partial charge in [-0.3, -0.25) is 0 Å². The molecule has 0 saturated heterocycles. The third-order valence-corrected chi connectivity index (χ3v) is 4.13. The lowest BCUT2D eigenvalue weighted by atomic mass is 9.96. The van der Waals surface area contributed by atoms with Gasteiger partial charge in [0.25, 0.3) is 0 Å². The van der Waals surface area contributed by atoms with Crippen molar-refractivity contribution in [2.45, 2.75) is 45.7 Å². The summed E-state index contributed by atoms with van der Waals surface area (Å²) in [6.45, 7) is 8.59. The SMILES string of the molecule is CCC(C)(NC(C)C)c1nnc(-c2ccccc2Cl)n1C. The summed E-state index contributed by atoms with van der Waals surface area (Å²) in [5.74, 6) is 1.72. The van der Waals surface area contributed by atoms with Crippen LogP contribution in [0.3, 0.4) is 0 Å². The molecule has 5 heteroatoms. The van der Waals surface area contributed by atoms with Crippen LogP contribution >= 0.6 is 11.6 Å². The van der Waals surface area contributed by atoms with E-state index in [1.165, 1.54) is 0 Å². The maximum Gasteiger partial charge on any atom is 0.165 e. The maximum absolute atomic E-state index is 6.28. The Bertz CT molecular complexity index is 620. The van der Waals surface area contributed by atoms with E-state index in [0.717, 1.165) is 23.6 Å². The molecule has 114 valence electrons. The predicted octanol–water partition coefficient (Wildman–Crippen LogP) is 3.76. The van der Waals surface area contributed by atoms with Gasteiger partial charge >= 0.3 is 0 Å². The fraction of sp³-hybridized carbons (Fsp3) is 0.500. The van der Waals surface area contributed by atoms with E-state index in [-0.39, 0.29) is 5.54 Å². The minimum Gasteiger partial charge on any atom is -0.313 e. The van der Waals surface area contributed by atoms with Crippen molar-refractivity contribution in [3.05, 3.63) is 35.1 Å². The Morgan fingerprint density at radius 1 is 1.29 bits per heavy atom. The molecule has 0 aliphatic rings. The van der Waals surface area contributed by atoms with Crippen molar-refractivity contribution in [1.82, 2.24) is 20.1 Å². The minimum absolute atomic E-state index is 0.213. The monoisotopic (exact) mass is 306 g/mol. The smallest absolute Gasteiger partial charge is 0.165 e. The molecule has 0 radical (unpaired) electrons. The van der Waals surface area contributed by atoms with Crippen LogP contribution in [0.2, 0.25) is 5.02 Å². The van der Waals surface area contributed by atoms with Crippen molar-refractivity contribution >= 4 is 11.6 Å². The van der Waals surface area contributed by atoms with E-state index in [4.69, 9.17) is 11.6 Å². The Morgan fingerprint density at radius 2 is 1.95 bits per heavy atom. The van der Waals surface area contributed by atoms with E-state index in [1.54, 1.807) is 0 Å². The van der Waals surface area contributed by atoms with Gasteiger partial charge in [0.15, 0.2) is 11.6 Å². The fourth-order valence-corrected chi connectivity index (χ4v) is 2.87. The number of rotatable bonds is 5. The molecule has 0 aliphatic carbocycles. The average Bonchev–Trinajstić information content (AvgIpc) is 2.81. The Labute approximate surface area is 131 Å². The predicted molar refractivity (Wildman–Crippen MR) is 87.4 cm³/mol. The third kappa shape index (κ3) is 3.11. The number of nitrogens with one attached hydrogen (secondary N) is 1. The lowest BCUT2D eigenvalue weighted by Gasteiger charge is -2.31. The quantitative estimate of drug-likeness (QED) is 0.914. The summed E-state index contributed by atoms with van der Waals surface area (Å²) in [7, 11) is 1.99. The molecule has 1 aromatic carbocycles. The van der Waals surface area contributed by atoms with Gasteiger partial charge in [-0.1, -0.05) is 30.7 Å². The summed E-state index contributed by atoms with van der Waals surface area (Å²) in [5.41, 5.74) is 0.693. The van der Waals surface area contributed by atoms with Crippen LogP contribution in [0.25, 0.3) is 11.4 Å². The van der Waals surface area contributed by atoms with E-state index < -0.39 is 0 Å². The lowest BCUT2D eigenvalue weighted by molar-refractivity contribution is 0.298. The summed E-state index contributed by atoms with van der Waals surface area (Å²) in [6.07, 6.45) is 0.930. The highest BCUT2D eigenvalue weighted by atomic mass is 35.5. The van der Waals surface area contributed by atoms with Gasteiger partial charge in [0, 0.05) is 18.7 Å². The van der Waals surface area contributed by atoms with Gasteiger partial charge in [-0.15, -0.1) is 10.2 Å². The second-order valence-corrected chi connectivity index (χ2v) is 6.28. The van der Waals surface area contributed by atoms with Crippen LogP contribution in [0.1, 0.15) is 39.9 Å². The second kappa shape index (κ2) is 6.16. The van der Waals surface area contributed by atoms with Crippen LogP contribution < -0.4 is 5.32 Å². The Kier molecular flexibility index (Phi) is 4.69. The molecule has 1 unspecified atom stereocenters.